The van der Waals surface area contributed by atoms with Crippen LogP contribution in [0.2, 0.25) is 0 Å². The van der Waals surface area contributed by atoms with Crippen molar-refractivity contribution in [3.05, 3.63) is 53.5 Å². The predicted molar refractivity (Wildman–Crippen MR) is 132 cm³/mol. The number of carbonyl (C=O) groups is 2. The van der Waals surface area contributed by atoms with Gasteiger partial charge in [0.2, 0.25) is 11.8 Å². The molecule has 2 aromatic rings. The number of rotatable bonds is 7. The first-order chi connectivity index (χ1) is 16.8. The van der Waals surface area contributed by atoms with Crippen LogP contribution >= 0.6 is 0 Å². The fourth-order valence-corrected chi connectivity index (χ4v) is 4.95. The zero-order chi connectivity index (χ0) is 25.1. The van der Waals surface area contributed by atoms with Crippen LogP contribution in [0.1, 0.15) is 30.2 Å². The third-order valence-corrected chi connectivity index (χ3v) is 6.81. The van der Waals surface area contributed by atoms with Crippen molar-refractivity contribution < 1.29 is 18.7 Å². The Morgan fingerprint density at radius 3 is 2.69 bits per heavy atom. The van der Waals surface area contributed by atoms with E-state index < -0.39 is 0 Å². The molecule has 0 bridgehead atoms. The van der Waals surface area contributed by atoms with Gasteiger partial charge in [0, 0.05) is 50.4 Å². The van der Waals surface area contributed by atoms with Crippen molar-refractivity contribution in [3.8, 4) is 6.01 Å². The second kappa shape index (κ2) is 10.4. The summed E-state index contributed by atoms with van der Waals surface area (Å²) in [6.07, 6.45) is 3.05. The fraction of sp³-hybridized carbons (Fsp3) is 0.462. The molecule has 0 aliphatic carbocycles. The van der Waals surface area contributed by atoms with Gasteiger partial charge in [-0.1, -0.05) is 18.7 Å². The van der Waals surface area contributed by atoms with E-state index in [4.69, 9.17) is 9.72 Å². The lowest BCUT2D eigenvalue weighted by atomic mass is 9.87. The molecule has 0 radical (unpaired) electrons. The number of carbonyl (C=O) groups excluding carboxylic acids is 2. The highest BCUT2D eigenvalue weighted by Crippen LogP contribution is 2.35. The first-order valence-corrected chi connectivity index (χ1v) is 12.1. The van der Waals surface area contributed by atoms with E-state index in [1.807, 2.05) is 19.9 Å². The topological polar surface area (TPSA) is 78.9 Å². The standard InChI is InChI=1S/C26H32FN5O3/c1-5-22(33)31-12-14-32(15-13-31)24-20(17(3)28-26(29-24)35-6-2)11-10-19-16-18-8-7-9-21(27)23(18)30(4)25(19)34/h5,7-9,19H,1,6,10-16H2,2-4H3/t19-/m1/s1. The molecule has 1 fully saturated rings. The fourth-order valence-electron chi connectivity index (χ4n) is 4.95. The predicted octanol–water partition coefficient (Wildman–Crippen LogP) is 2.93. The number of hydrogen-bond acceptors (Lipinski definition) is 6. The van der Waals surface area contributed by atoms with Gasteiger partial charge in [0.15, 0.2) is 0 Å². The molecule has 3 heterocycles. The van der Waals surface area contributed by atoms with Crippen molar-refractivity contribution >= 4 is 23.3 Å². The Hall–Kier alpha value is -3.49. The van der Waals surface area contributed by atoms with Gasteiger partial charge in [-0.15, -0.1) is 0 Å². The van der Waals surface area contributed by atoms with Crippen molar-refractivity contribution in [3.63, 3.8) is 0 Å². The molecule has 2 amide bonds. The molecule has 0 saturated carbocycles. The molecule has 0 spiro atoms. The summed E-state index contributed by atoms with van der Waals surface area (Å²) in [4.78, 5) is 39.7. The Bertz CT molecular complexity index is 1130. The van der Waals surface area contributed by atoms with Crippen LogP contribution in [0.4, 0.5) is 15.9 Å². The third-order valence-electron chi connectivity index (χ3n) is 6.81. The maximum absolute atomic E-state index is 14.3. The van der Waals surface area contributed by atoms with E-state index in [0.29, 0.717) is 63.7 Å². The van der Waals surface area contributed by atoms with E-state index in [2.05, 4.69) is 16.5 Å². The van der Waals surface area contributed by atoms with Crippen molar-refractivity contribution in [2.24, 2.45) is 5.92 Å². The normalized spacial score (nSPS) is 17.9. The molecule has 1 atom stereocenters. The molecule has 9 heteroatoms. The molecule has 35 heavy (non-hydrogen) atoms. The van der Waals surface area contributed by atoms with Gasteiger partial charge < -0.3 is 19.4 Å². The van der Waals surface area contributed by atoms with Crippen LogP contribution in [0, 0.1) is 18.7 Å². The maximum Gasteiger partial charge on any atom is 0.318 e. The summed E-state index contributed by atoms with van der Waals surface area (Å²) in [6.45, 7) is 10.3. The zero-order valence-corrected chi connectivity index (χ0v) is 20.6. The molecular formula is C26H32FN5O3. The number of ether oxygens (including phenoxy) is 1. The Balaban J connectivity index is 1.56. The minimum atomic E-state index is -0.371. The van der Waals surface area contributed by atoms with Crippen LogP contribution in [0.15, 0.2) is 30.9 Å². The van der Waals surface area contributed by atoms with Gasteiger partial charge in [-0.25, -0.2) is 9.37 Å². The lowest BCUT2D eigenvalue weighted by molar-refractivity contribution is -0.126. The summed E-state index contributed by atoms with van der Waals surface area (Å²) in [5, 5.41) is 0. The van der Waals surface area contributed by atoms with Gasteiger partial charge in [-0.05, 0) is 50.8 Å². The van der Waals surface area contributed by atoms with Crippen LogP contribution in [0.5, 0.6) is 6.01 Å². The van der Waals surface area contributed by atoms with E-state index in [1.165, 1.54) is 17.0 Å². The summed E-state index contributed by atoms with van der Waals surface area (Å²) in [5.74, 6) is 0.00872. The molecule has 2 aliphatic rings. The number of amides is 2. The monoisotopic (exact) mass is 481 g/mol. The Morgan fingerprint density at radius 1 is 1.26 bits per heavy atom. The van der Waals surface area contributed by atoms with Gasteiger partial charge in [0.1, 0.15) is 11.6 Å². The number of halogens is 1. The van der Waals surface area contributed by atoms with Crippen molar-refractivity contribution in [2.45, 2.75) is 33.1 Å². The summed E-state index contributed by atoms with van der Waals surface area (Å²) >= 11 is 0. The second-order valence-electron chi connectivity index (χ2n) is 8.93. The van der Waals surface area contributed by atoms with Crippen LogP contribution in [-0.2, 0) is 22.4 Å². The molecule has 1 saturated heterocycles. The largest absolute Gasteiger partial charge is 0.464 e. The molecule has 186 valence electrons. The number of hydrogen-bond donors (Lipinski definition) is 0. The van der Waals surface area contributed by atoms with Crippen molar-refractivity contribution in [1.29, 1.82) is 0 Å². The van der Waals surface area contributed by atoms with E-state index in [1.54, 1.807) is 18.0 Å². The average molecular weight is 482 g/mol. The quantitative estimate of drug-likeness (QED) is 0.566. The highest BCUT2D eigenvalue weighted by Gasteiger charge is 2.33. The number of para-hydroxylation sites is 1. The highest BCUT2D eigenvalue weighted by molar-refractivity contribution is 5.97. The van der Waals surface area contributed by atoms with Crippen LogP contribution in [-0.4, -0.2) is 66.5 Å². The van der Waals surface area contributed by atoms with Gasteiger partial charge >= 0.3 is 6.01 Å². The number of aromatic nitrogens is 2. The van der Waals surface area contributed by atoms with Crippen LogP contribution < -0.4 is 14.5 Å². The highest BCUT2D eigenvalue weighted by atomic mass is 19.1. The maximum atomic E-state index is 14.3. The first kappa shape index (κ1) is 24.6. The van der Waals surface area contributed by atoms with E-state index in [9.17, 15) is 14.0 Å². The number of anilines is 2. The minimum Gasteiger partial charge on any atom is -0.464 e. The van der Waals surface area contributed by atoms with E-state index in [0.717, 1.165) is 22.6 Å². The Morgan fingerprint density at radius 2 is 2.00 bits per heavy atom. The smallest absolute Gasteiger partial charge is 0.318 e. The number of aryl methyl sites for hydroxylation is 1. The summed E-state index contributed by atoms with van der Waals surface area (Å²) < 4.78 is 19.9. The second-order valence-corrected chi connectivity index (χ2v) is 8.93. The number of fused-ring (bicyclic) bond motifs is 1. The molecule has 2 aliphatic heterocycles. The SMILES string of the molecule is C=CC(=O)N1CCN(c2nc(OCC)nc(C)c2CC[C@@H]2Cc3cccc(F)c3N(C)C2=O)CC1. The van der Waals surface area contributed by atoms with E-state index >= 15 is 0 Å². The summed E-state index contributed by atoms with van der Waals surface area (Å²) in [6, 6.07) is 5.28. The average Bonchev–Trinajstić information content (AvgIpc) is 2.85. The Labute approximate surface area is 205 Å². The lowest BCUT2D eigenvalue weighted by Gasteiger charge is -2.36. The lowest BCUT2D eigenvalue weighted by Crippen LogP contribution is -2.49. The number of benzene rings is 1. The molecule has 1 aromatic carbocycles. The van der Waals surface area contributed by atoms with Crippen molar-refractivity contribution in [1.82, 2.24) is 14.9 Å². The molecule has 0 unspecified atom stereocenters. The minimum absolute atomic E-state index is 0.0737. The van der Waals surface area contributed by atoms with Gasteiger partial charge in [0.05, 0.1) is 12.3 Å². The third kappa shape index (κ3) is 4.99. The molecular weight excluding hydrogens is 449 g/mol. The Kier molecular flexibility index (Phi) is 7.33. The van der Waals surface area contributed by atoms with Crippen molar-refractivity contribution in [2.75, 3.05) is 49.6 Å². The van der Waals surface area contributed by atoms with Gasteiger partial charge in [0.25, 0.3) is 0 Å². The molecule has 8 nitrogen and oxygen atoms in total. The van der Waals surface area contributed by atoms with Crippen LogP contribution in [0.25, 0.3) is 0 Å². The number of nitrogens with zero attached hydrogens (tertiary/aromatic N) is 5. The zero-order valence-electron chi connectivity index (χ0n) is 20.6. The van der Waals surface area contributed by atoms with Gasteiger partial charge in [-0.3, -0.25) is 9.59 Å². The number of piperazine rings is 1. The summed E-state index contributed by atoms with van der Waals surface area (Å²) in [5.41, 5.74) is 3.01. The molecule has 0 N–H and O–H groups in total. The van der Waals surface area contributed by atoms with E-state index in [-0.39, 0.29) is 23.5 Å². The molecule has 4 rings (SSSR count). The first-order valence-electron chi connectivity index (χ1n) is 12.1. The van der Waals surface area contributed by atoms with Crippen LogP contribution in [0.3, 0.4) is 0 Å². The van der Waals surface area contributed by atoms with Gasteiger partial charge in [-0.2, -0.15) is 4.98 Å². The molecule has 1 aromatic heterocycles. The summed E-state index contributed by atoms with van der Waals surface area (Å²) in [7, 11) is 1.64.